The average Bonchev–Trinajstić information content (AvgIpc) is 2.48. The smallest absolute Gasteiger partial charge is 0.338 e. The zero-order chi connectivity index (χ0) is 16.1. The van der Waals surface area contributed by atoms with Gasteiger partial charge in [0.2, 0.25) is 0 Å². The van der Waals surface area contributed by atoms with Gasteiger partial charge in [-0.05, 0) is 43.3 Å². The third-order valence-corrected chi connectivity index (χ3v) is 3.82. The summed E-state index contributed by atoms with van der Waals surface area (Å²) < 4.78 is 5.22. The van der Waals surface area contributed by atoms with E-state index < -0.39 is 0 Å². The number of thiocarbonyl (C=S) groups is 1. The van der Waals surface area contributed by atoms with E-state index >= 15 is 0 Å². The van der Waals surface area contributed by atoms with E-state index in [-0.39, 0.29) is 12.0 Å². The predicted octanol–water partition coefficient (Wildman–Crippen LogP) is 3.48. The molecule has 0 aliphatic carbocycles. The van der Waals surface area contributed by atoms with Gasteiger partial charge in [-0.2, -0.15) is 0 Å². The maximum atomic E-state index is 12.4. The van der Waals surface area contributed by atoms with E-state index in [2.05, 4.69) is 17.6 Å². The first-order valence-corrected chi connectivity index (χ1v) is 8.08. The SMILES string of the molecule is CCCC1=C(C(=O)OCC)C(c2ccc(Cl)cc2)NC(=S)N1. The van der Waals surface area contributed by atoms with Gasteiger partial charge in [0, 0.05) is 10.7 Å². The third kappa shape index (κ3) is 3.78. The van der Waals surface area contributed by atoms with Crippen molar-refractivity contribution in [1.82, 2.24) is 10.6 Å². The molecular weight excluding hydrogens is 320 g/mol. The lowest BCUT2D eigenvalue weighted by Crippen LogP contribution is -2.45. The number of hydrogen-bond acceptors (Lipinski definition) is 3. The van der Waals surface area contributed by atoms with Gasteiger partial charge in [0.15, 0.2) is 5.11 Å². The van der Waals surface area contributed by atoms with Gasteiger partial charge >= 0.3 is 5.97 Å². The van der Waals surface area contributed by atoms with Gasteiger partial charge in [-0.1, -0.05) is 37.1 Å². The number of ether oxygens (including phenoxy) is 1. The summed E-state index contributed by atoms with van der Waals surface area (Å²) in [7, 11) is 0. The molecule has 1 unspecified atom stereocenters. The molecule has 2 rings (SSSR count). The fourth-order valence-electron chi connectivity index (χ4n) is 2.42. The van der Waals surface area contributed by atoms with Crippen molar-refractivity contribution in [2.75, 3.05) is 6.61 Å². The Bertz CT molecular complexity index is 599. The maximum Gasteiger partial charge on any atom is 0.338 e. The van der Waals surface area contributed by atoms with Crippen molar-refractivity contribution in [3.63, 3.8) is 0 Å². The Morgan fingerprint density at radius 2 is 2.00 bits per heavy atom. The molecule has 0 saturated carbocycles. The number of rotatable bonds is 5. The fraction of sp³-hybridized carbons (Fsp3) is 0.375. The largest absolute Gasteiger partial charge is 0.463 e. The normalized spacial score (nSPS) is 17.8. The monoisotopic (exact) mass is 338 g/mol. The summed E-state index contributed by atoms with van der Waals surface area (Å²) in [4.78, 5) is 12.4. The first-order valence-electron chi connectivity index (χ1n) is 7.30. The first-order chi connectivity index (χ1) is 10.6. The maximum absolute atomic E-state index is 12.4. The summed E-state index contributed by atoms with van der Waals surface area (Å²) in [5, 5.41) is 7.40. The van der Waals surface area contributed by atoms with Crippen LogP contribution in [0.5, 0.6) is 0 Å². The topological polar surface area (TPSA) is 50.4 Å². The van der Waals surface area contributed by atoms with Crippen molar-refractivity contribution in [3.05, 3.63) is 46.1 Å². The number of esters is 1. The molecule has 0 spiro atoms. The molecular formula is C16H19ClN2O2S. The van der Waals surface area contributed by atoms with Crippen molar-refractivity contribution in [2.45, 2.75) is 32.7 Å². The molecule has 1 aliphatic rings. The van der Waals surface area contributed by atoms with Crippen LogP contribution >= 0.6 is 23.8 Å². The van der Waals surface area contributed by atoms with Crippen LogP contribution in [-0.2, 0) is 9.53 Å². The Hall–Kier alpha value is -1.59. The molecule has 1 aromatic carbocycles. The van der Waals surface area contributed by atoms with E-state index in [9.17, 15) is 4.79 Å². The lowest BCUT2D eigenvalue weighted by Gasteiger charge is -2.31. The van der Waals surface area contributed by atoms with Gasteiger partial charge in [0.1, 0.15) is 0 Å². The zero-order valence-electron chi connectivity index (χ0n) is 12.6. The van der Waals surface area contributed by atoms with E-state index in [1.54, 1.807) is 19.1 Å². The summed E-state index contributed by atoms with van der Waals surface area (Å²) in [5.41, 5.74) is 2.33. The molecule has 0 bridgehead atoms. The molecule has 0 aromatic heterocycles. The van der Waals surface area contributed by atoms with Crippen molar-refractivity contribution >= 4 is 34.9 Å². The highest BCUT2D eigenvalue weighted by Gasteiger charge is 2.31. The van der Waals surface area contributed by atoms with Gasteiger partial charge in [-0.25, -0.2) is 4.79 Å². The van der Waals surface area contributed by atoms with E-state index in [4.69, 9.17) is 28.6 Å². The summed E-state index contributed by atoms with van der Waals surface area (Å²) in [6.45, 7) is 4.18. The Morgan fingerprint density at radius 3 is 2.59 bits per heavy atom. The molecule has 0 radical (unpaired) electrons. The van der Waals surface area contributed by atoms with Crippen LogP contribution in [-0.4, -0.2) is 17.7 Å². The van der Waals surface area contributed by atoms with Crippen molar-refractivity contribution < 1.29 is 9.53 Å². The second-order valence-electron chi connectivity index (χ2n) is 4.95. The molecule has 2 N–H and O–H groups in total. The molecule has 22 heavy (non-hydrogen) atoms. The van der Waals surface area contributed by atoms with Crippen LogP contribution in [0.3, 0.4) is 0 Å². The molecule has 0 fully saturated rings. The number of benzene rings is 1. The van der Waals surface area contributed by atoms with Gasteiger partial charge in [0.05, 0.1) is 18.2 Å². The molecule has 0 saturated heterocycles. The standard InChI is InChI=1S/C16H19ClN2O2S/c1-3-5-12-13(15(20)21-4-2)14(19-16(22)18-12)10-6-8-11(17)9-7-10/h6-9,14H,3-5H2,1-2H3,(H2,18,19,22). The fourth-order valence-corrected chi connectivity index (χ4v) is 2.79. The highest BCUT2D eigenvalue weighted by atomic mass is 35.5. The number of carbonyl (C=O) groups is 1. The van der Waals surface area contributed by atoms with Crippen LogP contribution in [0, 0.1) is 0 Å². The van der Waals surface area contributed by atoms with E-state index in [0.29, 0.717) is 22.3 Å². The van der Waals surface area contributed by atoms with E-state index in [1.807, 2.05) is 12.1 Å². The van der Waals surface area contributed by atoms with Gasteiger partial charge in [0.25, 0.3) is 0 Å². The summed E-state index contributed by atoms with van der Waals surface area (Å²) >= 11 is 11.2. The number of allylic oxidation sites excluding steroid dienone is 1. The molecule has 0 amide bonds. The minimum absolute atomic E-state index is 0.326. The number of halogens is 1. The molecule has 118 valence electrons. The van der Waals surface area contributed by atoms with Crippen molar-refractivity contribution in [2.24, 2.45) is 0 Å². The number of hydrogen-bond donors (Lipinski definition) is 2. The lowest BCUT2D eigenvalue weighted by atomic mass is 9.94. The predicted molar refractivity (Wildman–Crippen MR) is 91.6 cm³/mol. The highest BCUT2D eigenvalue weighted by molar-refractivity contribution is 7.80. The molecule has 1 aliphatic heterocycles. The molecule has 1 atom stereocenters. The molecule has 4 nitrogen and oxygen atoms in total. The van der Waals surface area contributed by atoms with Crippen LogP contribution < -0.4 is 10.6 Å². The number of carbonyl (C=O) groups excluding carboxylic acids is 1. The zero-order valence-corrected chi connectivity index (χ0v) is 14.2. The van der Waals surface area contributed by atoms with Crippen molar-refractivity contribution in [1.29, 1.82) is 0 Å². The van der Waals surface area contributed by atoms with Gasteiger partial charge in [-0.3, -0.25) is 0 Å². The quantitative estimate of drug-likeness (QED) is 0.636. The summed E-state index contributed by atoms with van der Waals surface area (Å²) in [6.07, 6.45) is 1.64. The van der Waals surface area contributed by atoms with Crippen LogP contribution in [0.4, 0.5) is 0 Å². The number of nitrogens with one attached hydrogen (secondary N) is 2. The minimum atomic E-state index is -0.327. The van der Waals surface area contributed by atoms with E-state index in [0.717, 1.165) is 24.1 Å². The molecule has 1 heterocycles. The van der Waals surface area contributed by atoms with Crippen molar-refractivity contribution in [3.8, 4) is 0 Å². The van der Waals surface area contributed by atoms with Crippen LogP contribution in [0.15, 0.2) is 35.5 Å². The first kappa shape index (κ1) is 16.8. The molecule has 6 heteroatoms. The minimum Gasteiger partial charge on any atom is -0.463 e. The Morgan fingerprint density at radius 1 is 1.32 bits per heavy atom. The summed E-state index contributed by atoms with van der Waals surface area (Å²) in [5.74, 6) is -0.326. The van der Waals surface area contributed by atoms with Gasteiger partial charge in [-0.15, -0.1) is 0 Å². The van der Waals surface area contributed by atoms with Gasteiger partial charge < -0.3 is 15.4 Å². The lowest BCUT2D eigenvalue weighted by molar-refractivity contribution is -0.139. The van der Waals surface area contributed by atoms with Crippen LogP contribution in [0.25, 0.3) is 0 Å². The Kier molecular flexibility index (Phi) is 5.80. The Balaban J connectivity index is 2.47. The van der Waals surface area contributed by atoms with E-state index in [1.165, 1.54) is 0 Å². The molecule has 1 aromatic rings. The Labute approximate surface area is 140 Å². The second-order valence-corrected chi connectivity index (χ2v) is 5.79. The third-order valence-electron chi connectivity index (χ3n) is 3.35. The average molecular weight is 339 g/mol. The second kappa shape index (κ2) is 7.61. The highest BCUT2D eigenvalue weighted by Crippen LogP contribution is 2.30. The van der Waals surface area contributed by atoms with Crippen LogP contribution in [0.1, 0.15) is 38.3 Å². The summed E-state index contributed by atoms with van der Waals surface area (Å²) in [6, 6.07) is 7.04. The van der Waals surface area contributed by atoms with Crippen LogP contribution in [0.2, 0.25) is 5.02 Å².